The first-order valence-corrected chi connectivity index (χ1v) is 5.55. The predicted molar refractivity (Wildman–Crippen MR) is 62.2 cm³/mol. The van der Waals surface area contributed by atoms with Gasteiger partial charge in [-0.15, -0.1) is 0 Å². The molecule has 2 nitrogen and oxygen atoms in total. The minimum absolute atomic E-state index is 0.159. The minimum atomic E-state index is 0.159. The molecule has 2 N–H and O–H groups in total. The van der Waals surface area contributed by atoms with Crippen molar-refractivity contribution in [2.24, 2.45) is 5.73 Å². The van der Waals surface area contributed by atoms with E-state index in [1.165, 1.54) is 24.0 Å². The van der Waals surface area contributed by atoms with Crippen LogP contribution in [0.2, 0.25) is 0 Å². The van der Waals surface area contributed by atoms with Crippen molar-refractivity contribution in [3.05, 3.63) is 29.3 Å². The zero-order chi connectivity index (χ0) is 10.9. The molecule has 0 atom stereocenters. The van der Waals surface area contributed by atoms with Gasteiger partial charge < -0.3 is 10.5 Å². The van der Waals surface area contributed by atoms with Crippen LogP contribution in [0.4, 0.5) is 0 Å². The fraction of sp³-hybridized carbons (Fsp3) is 0.538. The maximum atomic E-state index is 6.08. The first kappa shape index (κ1) is 10.5. The molecular weight excluding hydrogens is 186 g/mol. The number of rotatable bonds is 4. The summed E-state index contributed by atoms with van der Waals surface area (Å²) in [5, 5.41) is 0. The molecule has 0 amide bonds. The van der Waals surface area contributed by atoms with Crippen LogP contribution in [0.15, 0.2) is 18.2 Å². The first-order chi connectivity index (χ1) is 7.13. The van der Waals surface area contributed by atoms with Crippen molar-refractivity contribution in [1.82, 2.24) is 0 Å². The third-order valence-corrected chi connectivity index (χ3v) is 3.33. The number of aryl methyl sites for hydroxylation is 2. The van der Waals surface area contributed by atoms with Crippen LogP contribution in [0.3, 0.4) is 0 Å². The van der Waals surface area contributed by atoms with Gasteiger partial charge in [0.25, 0.3) is 0 Å². The summed E-state index contributed by atoms with van der Waals surface area (Å²) in [7, 11) is 1.70. The van der Waals surface area contributed by atoms with Crippen molar-refractivity contribution in [2.75, 3.05) is 7.11 Å². The van der Waals surface area contributed by atoms with Crippen LogP contribution in [0.1, 0.15) is 30.4 Å². The quantitative estimate of drug-likeness (QED) is 0.819. The normalized spacial score (nSPS) is 17.5. The SMILES string of the molecule is COc1ccc(CCC2(N)CC2)c(C)c1. The first-order valence-electron chi connectivity index (χ1n) is 5.55. The molecule has 1 fully saturated rings. The van der Waals surface area contributed by atoms with Crippen LogP contribution >= 0.6 is 0 Å². The molecule has 2 heteroatoms. The molecule has 1 aromatic rings. The summed E-state index contributed by atoms with van der Waals surface area (Å²) >= 11 is 0. The standard InChI is InChI=1S/C13H19NO/c1-10-9-12(15-2)4-3-11(10)5-6-13(14)7-8-13/h3-4,9H,5-8,14H2,1-2H3. The number of methoxy groups -OCH3 is 1. The second kappa shape index (κ2) is 3.86. The third-order valence-electron chi connectivity index (χ3n) is 3.33. The van der Waals surface area contributed by atoms with Gasteiger partial charge >= 0.3 is 0 Å². The van der Waals surface area contributed by atoms with Crippen molar-refractivity contribution in [3.8, 4) is 5.75 Å². The maximum absolute atomic E-state index is 6.08. The van der Waals surface area contributed by atoms with E-state index in [9.17, 15) is 0 Å². The highest BCUT2D eigenvalue weighted by atomic mass is 16.5. The smallest absolute Gasteiger partial charge is 0.119 e. The average molecular weight is 205 g/mol. The van der Waals surface area contributed by atoms with Crippen molar-refractivity contribution in [3.63, 3.8) is 0 Å². The van der Waals surface area contributed by atoms with E-state index in [2.05, 4.69) is 19.1 Å². The summed E-state index contributed by atoms with van der Waals surface area (Å²) in [4.78, 5) is 0. The fourth-order valence-electron chi connectivity index (χ4n) is 1.87. The van der Waals surface area contributed by atoms with Gasteiger partial charge in [0.05, 0.1) is 7.11 Å². The Morgan fingerprint density at radius 2 is 2.13 bits per heavy atom. The second-order valence-electron chi connectivity index (χ2n) is 4.65. The highest BCUT2D eigenvalue weighted by Crippen LogP contribution is 2.36. The highest BCUT2D eigenvalue weighted by Gasteiger charge is 2.37. The number of nitrogens with two attached hydrogens (primary N) is 1. The van der Waals surface area contributed by atoms with Gasteiger partial charge in [-0.3, -0.25) is 0 Å². The van der Waals surface area contributed by atoms with Gasteiger partial charge in [-0.1, -0.05) is 6.07 Å². The van der Waals surface area contributed by atoms with Gasteiger partial charge in [0, 0.05) is 5.54 Å². The van der Waals surface area contributed by atoms with Gasteiger partial charge in [0.2, 0.25) is 0 Å². The van der Waals surface area contributed by atoms with E-state index in [-0.39, 0.29) is 5.54 Å². The van der Waals surface area contributed by atoms with E-state index in [0.717, 1.165) is 18.6 Å². The summed E-state index contributed by atoms with van der Waals surface area (Å²) in [6, 6.07) is 6.27. The van der Waals surface area contributed by atoms with Crippen LogP contribution in [-0.2, 0) is 6.42 Å². The summed E-state index contributed by atoms with van der Waals surface area (Å²) < 4.78 is 5.18. The molecule has 82 valence electrons. The lowest BCUT2D eigenvalue weighted by molar-refractivity contribution is 0.414. The minimum Gasteiger partial charge on any atom is -0.497 e. The molecule has 1 aromatic carbocycles. The van der Waals surface area contributed by atoms with E-state index in [4.69, 9.17) is 10.5 Å². The Balaban J connectivity index is 2.01. The molecule has 1 saturated carbocycles. The molecule has 0 spiro atoms. The van der Waals surface area contributed by atoms with Crippen molar-refractivity contribution in [2.45, 2.75) is 38.1 Å². The van der Waals surface area contributed by atoms with Crippen molar-refractivity contribution in [1.29, 1.82) is 0 Å². The van der Waals surface area contributed by atoms with E-state index < -0.39 is 0 Å². The van der Waals surface area contributed by atoms with E-state index in [1.807, 2.05) is 6.07 Å². The van der Waals surface area contributed by atoms with Crippen LogP contribution in [0.5, 0.6) is 5.75 Å². The predicted octanol–water partition coefficient (Wildman–Crippen LogP) is 2.43. The summed E-state index contributed by atoms with van der Waals surface area (Å²) in [6.45, 7) is 2.13. The Hall–Kier alpha value is -1.02. The van der Waals surface area contributed by atoms with Gasteiger partial charge in [0.15, 0.2) is 0 Å². The molecular formula is C13H19NO. The van der Waals surface area contributed by atoms with Crippen LogP contribution in [0.25, 0.3) is 0 Å². The Morgan fingerprint density at radius 1 is 1.40 bits per heavy atom. The molecule has 0 saturated heterocycles. The molecule has 0 aliphatic heterocycles. The monoisotopic (exact) mass is 205 g/mol. The summed E-state index contributed by atoms with van der Waals surface area (Å²) in [6.07, 6.45) is 4.59. The van der Waals surface area contributed by atoms with Crippen molar-refractivity contribution >= 4 is 0 Å². The Morgan fingerprint density at radius 3 is 2.67 bits per heavy atom. The van der Waals surface area contributed by atoms with E-state index >= 15 is 0 Å². The number of hydrogen-bond acceptors (Lipinski definition) is 2. The summed E-state index contributed by atoms with van der Waals surface area (Å²) in [5.41, 5.74) is 8.94. The maximum Gasteiger partial charge on any atom is 0.119 e. The topological polar surface area (TPSA) is 35.2 Å². The zero-order valence-corrected chi connectivity index (χ0v) is 9.55. The van der Waals surface area contributed by atoms with Crippen molar-refractivity contribution < 1.29 is 4.74 Å². The molecule has 2 rings (SSSR count). The molecule has 0 bridgehead atoms. The molecule has 0 heterocycles. The molecule has 0 unspecified atom stereocenters. The Bertz CT molecular complexity index is 356. The van der Waals surface area contributed by atoms with E-state index in [1.54, 1.807) is 7.11 Å². The van der Waals surface area contributed by atoms with Crippen LogP contribution in [0, 0.1) is 6.92 Å². The molecule has 15 heavy (non-hydrogen) atoms. The van der Waals surface area contributed by atoms with Gasteiger partial charge in [-0.05, 0) is 55.9 Å². The number of ether oxygens (including phenoxy) is 1. The lowest BCUT2D eigenvalue weighted by atomic mass is 10.00. The zero-order valence-electron chi connectivity index (χ0n) is 9.55. The van der Waals surface area contributed by atoms with Crippen LogP contribution < -0.4 is 10.5 Å². The lowest BCUT2D eigenvalue weighted by Gasteiger charge is -2.11. The second-order valence-corrected chi connectivity index (χ2v) is 4.65. The van der Waals surface area contributed by atoms with Crippen LogP contribution in [-0.4, -0.2) is 12.6 Å². The number of hydrogen-bond donors (Lipinski definition) is 1. The lowest BCUT2D eigenvalue weighted by Crippen LogP contribution is -2.22. The molecule has 1 aliphatic rings. The largest absolute Gasteiger partial charge is 0.497 e. The summed E-state index contributed by atoms with van der Waals surface area (Å²) in [5.74, 6) is 0.935. The Labute approximate surface area is 91.4 Å². The third kappa shape index (κ3) is 2.51. The van der Waals surface area contributed by atoms with Gasteiger partial charge in [-0.2, -0.15) is 0 Å². The molecule has 0 radical (unpaired) electrons. The van der Waals surface area contributed by atoms with Gasteiger partial charge in [-0.25, -0.2) is 0 Å². The van der Waals surface area contributed by atoms with Gasteiger partial charge in [0.1, 0.15) is 5.75 Å². The highest BCUT2D eigenvalue weighted by molar-refractivity contribution is 5.35. The van der Waals surface area contributed by atoms with E-state index in [0.29, 0.717) is 0 Å². The number of benzene rings is 1. The molecule has 1 aliphatic carbocycles. The fourth-order valence-corrected chi connectivity index (χ4v) is 1.87. The average Bonchev–Trinajstić information content (AvgIpc) is 2.95. The molecule has 0 aromatic heterocycles. The Kier molecular flexibility index (Phi) is 2.70.